The summed E-state index contributed by atoms with van der Waals surface area (Å²) in [4.78, 5) is 6.23. The van der Waals surface area contributed by atoms with Crippen molar-refractivity contribution >= 4 is 5.69 Å². The highest BCUT2D eigenvalue weighted by Crippen LogP contribution is 2.28. The Kier molecular flexibility index (Phi) is 3.37. The van der Waals surface area contributed by atoms with E-state index >= 15 is 0 Å². The molecular weight excluding hydrogens is 202 g/mol. The first kappa shape index (κ1) is 10.9. The lowest BCUT2D eigenvalue weighted by Gasteiger charge is -2.38. The molecule has 4 heteroatoms. The van der Waals surface area contributed by atoms with Crippen LogP contribution in [-0.4, -0.2) is 29.3 Å². The summed E-state index contributed by atoms with van der Waals surface area (Å²) in [6, 6.07) is 6.16. The molecule has 4 nitrogen and oxygen atoms in total. The SMILES string of the molecule is N#Cc1ccc(N(CCO)C2CCC2)cn1. The van der Waals surface area contributed by atoms with Crippen LogP contribution in [0.3, 0.4) is 0 Å². The summed E-state index contributed by atoms with van der Waals surface area (Å²) in [5.74, 6) is 0. The van der Waals surface area contributed by atoms with E-state index in [9.17, 15) is 0 Å². The summed E-state index contributed by atoms with van der Waals surface area (Å²) in [5.41, 5.74) is 1.43. The molecule has 0 aromatic carbocycles. The molecule has 2 rings (SSSR count). The fraction of sp³-hybridized carbons (Fsp3) is 0.500. The first-order chi connectivity index (χ1) is 7.85. The highest BCUT2D eigenvalue weighted by Gasteiger charge is 2.24. The van der Waals surface area contributed by atoms with Crippen molar-refractivity contribution < 1.29 is 5.11 Å². The van der Waals surface area contributed by atoms with E-state index in [4.69, 9.17) is 10.4 Å². The zero-order valence-corrected chi connectivity index (χ0v) is 9.13. The molecule has 16 heavy (non-hydrogen) atoms. The first-order valence-electron chi connectivity index (χ1n) is 5.59. The smallest absolute Gasteiger partial charge is 0.140 e. The van der Waals surface area contributed by atoms with Gasteiger partial charge < -0.3 is 10.0 Å². The maximum absolute atomic E-state index is 9.05. The molecule has 1 fully saturated rings. The third kappa shape index (κ3) is 2.15. The van der Waals surface area contributed by atoms with Crippen molar-refractivity contribution in [2.45, 2.75) is 25.3 Å². The zero-order valence-electron chi connectivity index (χ0n) is 9.13. The summed E-state index contributed by atoms with van der Waals surface area (Å²) in [7, 11) is 0. The van der Waals surface area contributed by atoms with E-state index in [0.717, 1.165) is 5.69 Å². The molecule has 1 aliphatic rings. The van der Waals surface area contributed by atoms with Crippen LogP contribution in [0.15, 0.2) is 18.3 Å². The molecule has 0 saturated heterocycles. The van der Waals surface area contributed by atoms with Gasteiger partial charge in [0.2, 0.25) is 0 Å². The van der Waals surface area contributed by atoms with Crippen molar-refractivity contribution in [2.75, 3.05) is 18.1 Å². The zero-order chi connectivity index (χ0) is 11.4. The molecule has 1 heterocycles. The number of nitrogens with zero attached hydrogens (tertiary/aromatic N) is 3. The summed E-state index contributed by atoms with van der Waals surface area (Å²) >= 11 is 0. The second kappa shape index (κ2) is 4.95. The van der Waals surface area contributed by atoms with Gasteiger partial charge in [0.05, 0.1) is 18.5 Å². The Morgan fingerprint density at radius 2 is 2.31 bits per heavy atom. The van der Waals surface area contributed by atoms with Gasteiger partial charge in [0.25, 0.3) is 0 Å². The minimum atomic E-state index is 0.149. The van der Waals surface area contributed by atoms with Gasteiger partial charge in [-0.2, -0.15) is 5.26 Å². The Hall–Kier alpha value is -1.60. The van der Waals surface area contributed by atoms with Crippen LogP contribution in [-0.2, 0) is 0 Å². The third-order valence-corrected chi connectivity index (χ3v) is 3.05. The molecule has 0 bridgehead atoms. The number of hydrogen-bond donors (Lipinski definition) is 1. The predicted octanol–water partition coefficient (Wildman–Crippen LogP) is 1.30. The quantitative estimate of drug-likeness (QED) is 0.826. The number of nitriles is 1. The molecule has 1 aromatic rings. The van der Waals surface area contributed by atoms with E-state index in [0.29, 0.717) is 18.3 Å². The number of hydrogen-bond acceptors (Lipinski definition) is 4. The second-order valence-corrected chi connectivity index (χ2v) is 4.02. The van der Waals surface area contributed by atoms with Gasteiger partial charge in [-0.15, -0.1) is 0 Å². The van der Waals surface area contributed by atoms with Crippen molar-refractivity contribution in [2.24, 2.45) is 0 Å². The minimum Gasteiger partial charge on any atom is -0.395 e. The van der Waals surface area contributed by atoms with Crippen molar-refractivity contribution in [1.29, 1.82) is 5.26 Å². The van der Waals surface area contributed by atoms with Crippen LogP contribution in [0.2, 0.25) is 0 Å². The van der Waals surface area contributed by atoms with E-state index < -0.39 is 0 Å². The average molecular weight is 217 g/mol. The molecule has 0 aliphatic heterocycles. The highest BCUT2D eigenvalue weighted by atomic mass is 16.3. The van der Waals surface area contributed by atoms with E-state index in [1.165, 1.54) is 19.3 Å². The number of aliphatic hydroxyl groups is 1. The number of rotatable bonds is 4. The summed E-state index contributed by atoms with van der Waals surface area (Å²) in [5, 5.41) is 17.7. The first-order valence-corrected chi connectivity index (χ1v) is 5.59. The van der Waals surface area contributed by atoms with Gasteiger partial charge in [0, 0.05) is 12.6 Å². The molecule has 1 aromatic heterocycles. The molecule has 0 amide bonds. The van der Waals surface area contributed by atoms with Crippen LogP contribution in [0.25, 0.3) is 0 Å². The summed E-state index contributed by atoms with van der Waals surface area (Å²) < 4.78 is 0. The van der Waals surface area contributed by atoms with Gasteiger partial charge in [-0.25, -0.2) is 4.98 Å². The monoisotopic (exact) mass is 217 g/mol. The van der Waals surface area contributed by atoms with Crippen molar-refractivity contribution in [3.63, 3.8) is 0 Å². The molecule has 0 spiro atoms. The Labute approximate surface area is 95.1 Å². The Balaban J connectivity index is 2.14. The van der Waals surface area contributed by atoms with Gasteiger partial charge in [-0.1, -0.05) is 0 Å². The van der Waals surface area contributed by atoms with Gasteiger partial charge in [-0.3, -0.25) is 0 Å². The fourth-order valence-electron chi connectivity index (χ4n) is 1.95. The van der Waals surface area contributed by atoms with Crippen molar-refractivity contribution in [3.05, 3.63) is 24.0 Å². The van der Waals surface area contributed by atoms with Crippen molar-refractivity contribution in [1.82, 2.24) is 4.98 Å². The molecule has 1 N–H and O–H groups in total. The average Bonchev–Trinajstić information content (AvgIpc) is 2.26. The number of anilines is 1. The minimum absolute atomic E-state index is 0.149. The molecule has 84 valence electrons. The second-order valence-electron chi connectivity index (χ2n) is 4.02. The van der Waals surface area contributed by atoms with Crippen LogP contribution < -0.4 is 4.90 Å². The lowest BCUT2D eigenvalue weighted by molar-refractivity contribution is 0.283. The van der Waals surface area contributed by atoms with Gasteiger partial charge in [0.1, 0.15) is 11.8 Å². The summed E-state index contributed by atoms with van der Waals surface area (Å²) in [6.45, 7) is 0.786. The number of aromatic nitrogens is 1. The van der Waals surface area contributed by atoms with E-state index in [-0.39, 0.29) is 6.61 Å². The lowest BCUT2D eigenvalue weighted by Crippen LogP contribution is -2.42. The van der Waals surface area contributed by atoms with Crippen LogP contribution in [0.5, 0.6) is 0 Å². The maximum atomic E-state index is 9.05. The maximum Gasteiger partial charge on any atom is 0.140 e. The predicted molar refractivity (Wildman–Crippen MR) is 61.0 cm³/mol. The van der Waals surface area contributed by atoms with Crippen LogP contribution in [0.4, 0.5) is 5.69 Å². The van der Waals surface area contributed by atoms with E-state index in [2.05, 4.69) is 9.88 Å². The van der Waals surface area contributed by atoms with Gasteiger partial charge in [-0.05, 0) is 31.4 Å². The Morgan fingerprint density at radius 1 is 1.50 bits per heavy atom. The van der Waals surface area contributed by atoms with E-state index in [1.807, 2.05) is 12.1 Å². The molecule has 0 radical (unpaired) electrons. The standard InChI is InChI=1S/C12H15N3O/c13-8-10-4-5-12(9-14-10)15(6-7-16)11-2-1-3-11/h4-5,9,11,16H,1-3,6-7H2. The Morgan fingerprint density at radius 3 is 2.75 bits per heavy atom. The van der Waals surface area contributed by atoms with Crippen LogP contribution in [0.1, 0.15) is 25.0 Å². The third-order valence-electron chi connectivity index (χ3n) is 3.05. The van der Waals surface area contributed by atoms with E-state index in [1.54, 1.807) is 12.3 Å². The van der Waals surface area contributed by atoms with Gasteiger partial charge >= 0.3 is 0 Å². The molecule has 1 aliphatic carbocycles. The number of aliphatic hydroxyl groups excluding tert-OH is 1. The van der Waals surface area contributed by atoms with Crippen LogP contribution in [0, 0.1) is 11.3 Å². The topological polar surface area (TPSA) is 60.2 Å². The van der Waals surface area contributed by atoms with Gasteiger partial charge in [0.15, 0.2) is 0 Å². The summed E-state index contributed by atoms with van der Waals surface area (Å²) in [6.07, 6.45) is 5.34. The molecule has 0 unspecified atom stereocenters. The lowest BCUT2D eigenvalue weighted by atomic mass is 9.91. The number of pyridine rings is 1. The molecular formula is C12H15N3O. The highest BCUT2D eigenvalue weighted by molar-refractivity contribution is 5.47. The fourth-order valence-corrected chi connectivity index (χ4v) is 1.95. The molecule has 1 saturated carbocycles. The largest absolute Gasteiger partial charge is 0.395 e. The molecule has 0 atom stereocenters. The normalized spacial score (nSPS) is 15.2. The Bertz CT molecular complexity index is 378. The van der Waals surface area contributed by atoms with Crippen molar-refractivity contribution in [3.8, 4) is 6.07 Å². The van der Waals surface area contributed by atoms with Crippen LogP contribution >= 0.6 is 0 Å².